The van der Waals surface area contributed by atoms with Crippen molar-refractivity contribution in [1.29, 1.82) is 5.26 Å². The fraction of sp³-hybridized carbons (Fsp3) is 0.167. The second kappa shape index (κ2) is 6.20. The second-order valence-corrected chi connectivity index (χ2v) is 5.82. The number of rotatable bonds is 3. The van der Waals surface area contributed by atoms with Crippen LogP contribution in [0, 0.1) is 11.3 Å². The normalized spacial score (nSPS) is 11.1. The molecule has 0 radical (unpaired) electrons. The molecule has 0 atom stereocenters. The number of hydrazine groups is 1. The number of nitrogens with one attached hydrogen (secondary N) is 1. The summed E-state index contributed by atoms with van der Waals surface area (Å²) in [6.45, 7) is 0. The first-order chi connectivity index (χ1) is 10.2. The standard InChI is InChI=1S/C12H7Cl2F3N4S/c1-21(20-7-4-2-3-6(13)9(7)14)11-19-10(12(15,16)17)8(5-18)22-11/h2-4,20H,1H3. The molecule has 2 rings (SSSR count). The van der Waals surface area contributed by atoms with Crippen molar-refractivity contribution in [2.45, 2.75) is 6.18 Å². The van der Waals surface area contributed by atoms with E-state index in [-0.39, 0.29) is 10.2 Å². The topological polar surface area (TPSA) is 52.0 Å². The Hall–Kier alpha value is -1.69. The fourth-order valence-electron chi connectivity index (χ4n) is 1.54. The lowest BCUT2D eigenvalue weighted by molar-refractivity contribution is -0.140. The maximum Gasteiger partial charge on any atom is 0.435 e. The number of hydrogen-bond donors (Lipinski definition) is 1. The van der Waals surface area contributed by atoms with Gasteiger partial charge in [0.15, 0.2) is 5.69 Å². The first kappa shape index (κ1) is 16.7. The van der Waals surface area contributed by atoms with Crippen molar-refractivity contribution in [3.05, 3.63) is 38.8 Å². The van der Waals surface area contributed by atoms with Gasteiger partial charge in [0.1, 0.15) is 10.9 Å². The van der Waals surface area contributed by atoms with Gasteiger partial charge in [-0.2, -0.15) is 18.4 Å². The van der Waals surface area contributed by atoms with Crippen molar-refractivity contribution in [2.24, 2.45) is 0 Å². The number of aromatic nitrogens is 1. The quantitative estimate of drug-likeness (QED) is 0.792. The predicted octanol–water partition coefficient (Wildman–Crippen LogP) is 4.80. The van der Waals surface area contributed by atoms with Crippen molar-refractivity contribution in [1.82, 2.24) is 4.98 Å². The molecular formula is C12H7Cl2F3N4S. The molecule has 4 nitrogen and oxygen atoms in total. The van der Waals surface area contributed by atoms with Gasteiger partial charge in [-0.15, -0.1) is 0 Å². The van der Waals surface area contributed by atoms with Crippen molar-refractivity contribution in [2.75, 3.05) is 17.5 Å². The zero-order valence-electron chi connectivity index (χ0n) is 10.9. The summed E-state index contributed by atoms with van der Waals surface area (Å²) in [5.74, 6) is 0. The van der Waals surface area contributed by atoms with Crippen LogP contribution in [0.5, 0.6) is 0 Å². The van der Waals surface area contributed by atoms with Gasteiger partial charge < -0.3 is 0 Å². The molecule has 0 amide bonds. The van der Waals surface area contributed by atoms with Gasteiger partial charge in [-0.25, -0.2) is 4.98 Å². The summed E-state index contributed by atoms with van der Waals surface area (Å²) < 4.78 is 38.3. The van der Waals surface area contributed by atoms with Crippen LogP contribution in [-0.4, -0.2) is 12.0 Å². The number of nitriles is 1. The van der Waals surface area contributed by atoms with E-state index in [0.29, 0.717) is 22.0 Å². The average molecular weight is 367 g/mol. The summed E-state index contributed by atoms with van der Waals surface area (Å²) >= 11 is 12.5. The molecule has 22 heavy (non-hydrogen) atoms. The van der Waals surface area contributed by atoms with Gasteiger partial charge in [0.2, 0.25) is 5.13 Å². The molecule has 0 unspecified atom stereocenters. The summed E-state index contributed by atoms with van der Waals surface area (Å²) in [5, 5.41) is 10.5. The first-order valence-corrected chi connectivity index (χ1v) is 7.23. The maximum absolute atomic E-state index is 12.8. The maximum atomic E-state index is 12.8. The highest BCUT2D eigenvalue weighted by Gasteiger charge is 2.38. The minimum atomic E-state index is -4.69. The van der Waals surface area contributed by atoms with Gasteiger partial charge in [0.05, 0.1) is 15.7 Å². The van der Waals surface area contributed by atoms with Crippen LogP contribution >= 0.6 is 34.5 Å². The van der Waals surface area contributed by atoms with Gasteiger partial charge in [-0.3, -0.25) is 10.4 Å². The fourth-order valence-corrected chi connectivity index (χ4v) is 2.69. The number of halogens is 5. The Morgan fingerprint density at radius 1 is 1.36 bits per heavy atom. The minimum absolute atomic E-state index is 0.0279. The summed E-state index contributed by atoms with van der Waals surface area (Å²) in [6, 6.07) is 6.31. The lowest BCUT2D eigenvalue weighted by atomic mass is 10.3. The SMILES string of the molecule is CN(Nc1cccc(Cl)c1Cl)c1nc(C(F)(F)F)c(C#N)s1. The molecule has 2 aromatic rings. The largest absolute Gasteiger partial charge is 0.435 e. The van der Waals surface area contributed by atoms with E-state index in [1.165, 1.54) is 18.1 Å². The summed E-state index contributed by atoms with van der Waals surface area (Å²) in [7, 11) is 1.46. The Labute approximate surface area is 137 Å². The van der Waals surface area contributed by atoms with E-state index in [1.54, 1.807) is 18.2 Å². The van der Waals surface area contributed by atoms with Crippen LogP contribution in [0.15, 0.2) is 18.2 Å². The van der Waals surface area contributed by atoms with Gasteiger partial charge >= 0.3 is 6.18 Å². The van der Waals surface area contributed by atoms with Crippen LogP contribution < -0.4 is 10.4 Å². The second-order valence-electron chi connectivity index (χ2n) is 4.06. The Bertz CT molecular complexity index is 739. The molecule has 0 saturated carbocycles. The highest BCUT2D eigenvalue weighted by molar-refractivity contribution is 7.16. The molecular weight excluding hydrogens is 360 g/mol. The summed E-state index contributed by atoms with van der Waals surface area (Å²) in [6.07, 6.45) is -4.69. The number of thiazole rings is 1. The van der Waals surface area contributed by atoms with E-state index >= 15 is 0 Å². The molecule has 10 heteroatoms. The van der Waals surface area contributed by atoms with Crippen molar-refractivity contribution in [3.63, 3.8) is 0 Å². The van der Waals surface area contributed by atoms with Crippen molar-refractivity contribution < 1.29 is 13.2 Å². The van der Waals surface area contributed by atoms with Gasteiger partial charge in [-0.05, 0) is 12.1 Å². The van der Waals surface area contributed by atoms with Crippen LogP contribution in [-0.2, 0) is 6.18 Å². The number of anilines is 2. The smallest absolute Gasteiger partial charge is 0.295 e. The van der Waals surface area contributed by atoms with Crippen molar-refractivity contribution >= 4 is 45.4 Å². The third-order valence-electron chi connectivity index (χ3n) is 2.51. The van der Waals surface area contributed by atoms with Crippen LogP contribution in [0.1, 0.15) is 10.6 Å². The Morgan fingerprint density at radius 3 is 2.59 bits per heavy atom. The summed E-state index contributed by atoms with van der Waals surface area (Å²) in [4.78, 5) is 2.95. The number of hydrogen-bond acceptors (Lipinski definition) is 5. The molecule has 0 saturated heterocycles. The summed E-state index contributed by atoms with van der Waals surface area (Å²) in [5.41, 5.74) is 1.97. The van der Waals surface area contributed by atoms with Gasteiger partial charge in [0.25, 0.3) is 0 Å². The molecule has 0 fully saturated rings. The van der Waals surface area contributed by atoms with E-state index in [2.05, 4.69) is 10.4 Å². The lowest BCUT2D eigenvalue weighted by Crippen LogP contribution is -2.25. The molecule has 0 aliphatic carbocycles. The highest BCUT2D eigenvalue weighted by atomic mass is 35.5. The van der Waals surface area contributed by atoms with Crippen LogP contribution in [0.4, 0.5) is 24.0 Å². The Kier molecular flexibility index (Phi) is 4.70. The zero-order chi connectivity index (χ0) is 16.5. The molecule has 0 aliphatic rings. The molecule has 0 spiro atoms. The van der Waals surface area contributed by atoms with Gasteiger partial charge in [0, 0.05) is 7.05 Å². The minimum Gasteiger partial charge on any atom is -0.295 e. The highest BCUT2D eigenvalue weighted by Crippen LogP contribution is 2.37. The molecule has 1 N–H and O–H groups in total. The molecule has 116 valence electrons. The van der Waals surface area contributed by atoms with E-state index in [0.717, 1.165) is 0 Å². The monoisotopic (exact) mass is 366 g/mol. The molecule has 0 bridgehead atoms. The Balaban J connectivity index is 2.31. The number of benzene rings is 1. The third kappa shape index (κ3) is 3.38. The average Bonchev–Trinajstić information content (AvgIpc) is 2.88. The lowest BCUT2D eigenvalue weighted by Gasteiger charge is -2.19. The third-order valence-corrected chi connectivity index (χ3v) is 4.37. The molecule has 1 aromatic heterocycles. The van der Waals surface area contributed by atoms with Crippen molar-refractivity contribution in [3.8, 4) is 6.07 Å². The van der Waals surface area contributed by atoms with E-state index in [1.807, 2.05) is 0 Å². The molecule has 0 aliphatic heterocycles. The van der Waals surface area contributed by atoms with Crippen LogP contribution in [0.2, 0.25) is 10.0 Å². The zero-order valence-corrected chi connectivity index (χ0v) is 13.2. The first-order valence-electron chi connectivity index (χ1n) is 5.66. The molecule has 1 heterocycles. The van der Waals surface area contributed by atoms with Crippen LogP contribution in [0.3, 0.4) is 0 Å². The van der Waals surface area contributed by atoms with Gasteiger partial charge in [-0.1, -0.05) is 40.6 Å². The van der Waals surface area contributed by atoms with E-state index in [4.69, 9.17) is 28.5 Å². The van der Waals surface area contributed by atoms with E-state index < -0.39 is 16.7 Å². The van der Waals surface area contributed by atoms with E-state index in [9.17, 15) is 13.2 Å². The number of alkyl halides is 3. The molecule has 1 aromatic carbocycles. The predicted molar refractivity (Wildman–Crippen MR) is 80.3 cm³/mol. The van der Waals surface area contributed by atoms with Crippen LogP contribution in [0.25, 0.3) is 0 Å². The number of nitrogens with zero attached hydrogens (tertiary/aromatic N) is 3. The Morgan fingerprint density at radius 2 is 2.05 bits per heavy atom.